The van der Waals surface area contributed by atoms with Crippen molar-refractivity contribution < 1.29 is 14.3 Å². The van der Waals surface area contributed by atoms with Crippen LogP contribution in [0, 0.1) is 13.8 Å². The predicted octanol–water partition coefficient (Wildman–Crippen LogP) is 3.01. The normalized spacial score (nSPS) is 23.9. The highest BCUT2D eigenvalue weighted by Gasteiger charge is 2.41. The maximum Gasteiger partial charge on any atom is 0.409 e. The van der Waals surface area contributed by atoms with Crippen molar-refractivity contribution in [3.8, 4) is 5.75 Å². The van der Waals surface area contributed by atoms with Gasteiger partial charge in [-0.3, -0.25) is 0 Å². The molecule has 0 bridgehead atoms. The van der Waals surface area contributed by atoms with Gasteiger partial charge in [-0.1, -0.05) is 12.1 Å². The molecular weight excluding hydrogens is 254 g/mol. The van der Waals surface area contributed by atoms with Crippen LogP contribution in [0.1, 0.15) is 36.0 Å². The Morgan fingerprint density at radius 3 is 3.00 bits per heavy atom. The van der Waals surface area contributed by atoms with Crippen LogP contribution < -0.4 is 4.74 Å². The van der Waals surface area contributed by atoms with Crippen LogP contribution in [-0.4, -0.2) is 36.8 Å². The van der Waals surface area contributed by atoms with E-state index in [1.54, 1.807) is 4.90 Å². The van der Waals surface area contributed by atoms with Gasteiger partial charge in [-0.2, -0.15) is 0 Å². The van der Waals surface area contributed by atoms with Crippen molar-refractivity contribution in [1.29, 1.82) is 0 Å². The number of hydrogen-bond donors (Lipinski definition) is 0. The van der Waals surface area contributed by atoms with E-state index in [-0.39, 0.29) is 12.2 Å². The highest BCUT2D eigenvalue weighted by atomic mass is 16.6. The topological polar surface area (TPSA) is 38.8 Å². The van der Waals surface area contributed by atoms with Gasteiger partial charge in [0.1, 0.15) is 11.9 Å². The van der Waals surface area contributed by atoms with Gasteiger partial charge in [0.15, 0.2) is 0 Å². The van der Waals surface area contributed by atoms with Gasteiger partial charge < -0.3 is 14.4 Å². The average Bonchev–Trinajstić information content (AvgIpc) is 2.81. The number of fused-ring (bicyclic) bond motifs is 3. The smallest absolute Gasteiger partial charge is 0.409 e. The van der Waals surface area contributed by atoms with E-state index in [0.717, 1.165) is 18.7 Å². The fourth-order valence-corrected chi connectivity index (χ4v) is 3.18. The number of rotatable bonds is 1. The molecule has 0 spiro atoms. The molecule has 2 atom stereocenters. The third kappa shape index (κ3) is 2.03. The summed E-state index contributed by atoms with van der Waals surface area (Å²) in [6, 6.07) is 4.35. The lowest BCUT2D eigenvalue weighted by Crippen LogP contribution is -2.46. The summed E-state index contributed by atoms with van der Waals surface area (Å²) >= 11 is 0. The standard InChI is InChI=1S/C16H21NO3/c1-4-19-16(18)17-8-7-12-13-6-5-10(2)11(3)15(13)20-14(12)9-17/h5-6,12,14H,4,7-9H2,1-3H3/t12-,14-/m0/s1. The summed E-state index contributed by atoms with van der Waals surface area (Å²) in [6.07, 6.45) is 0.793. The number of piperidine rings is 1. The minimum Gasteiger partial charge on any atom is -0.487 e. The lowest BCUT2D eigenvalue weighted by Gasteiger charge is -2.33. The second-order valence-corrected chi connectivity index (χ2v) is 5.62. The van der Waals surface area contributed by atoms with Crippen molar-refractivity contribution in [3.05, 3.63) is 28.8 Å². The zero-order valence-corrected chi connectivity index (χ0v) is 12.3. The first-order valence-electron chi connectivity index (χ1n) is 7.30. The van der Waals surface area contributed by atoms with Crippen molar-refractivity contribution in [2.45, 2.75) is 39.2 Å². The van der Waals surface area contributed by atoms with E-state index in [0.29, 0.717) is 19.1 Å². The van der Waals surface area contributed by atoms with Crippen LogP contribution in [0.3, 0.4) is 0 Å². The fourth-order valence-electron chi connectivity index (χ4n) is 3.18. The molecule has 0 aliphatic carbocycles. The summed E-state index contributed by atoms with van der Waals surface area (Å²) in [7, 11) is 0. The Morgan fingerprint density at radius 2 is 2.25 bits per heavy atom. The summed E-state index contributed by atoms with van der Waals surface area (Å²) in [5, 5.41) is 0. The van der Waals surface area contributed by atoms with Crippen LogP contribution >= 0.6 is 0 Å². The number of hydrogen-bond acceptors (Lipinski definition) is 3. The van der Waals surface area contributed by atoms with Crippen LogP contribution in [0.4, 0.5) is 4.79 Å². The molecule has 0 radical (unpaired) electrons. The molecule has 4 nitrogen and oxygen atoms in total. The molecule has 2 aliphatic rings. The highest BCUT2D eigenvalue weighted by Crippen LogP contribution is 2.45. The molecular formula is C16H21NO3. The molecule has 2 heterocycles. The molecule has 0 aromatic heterocycles. The van der Waals surface area contributed by atoms with E-state index in [1.165, 1.54) is 16.7 Å². The molecule has 1 fully saturated rings. The molecule has 3 rings (SSSR count). The molecule has 108 valence electrons. The molecule has 2 aliphatic heterocycles. The maximum absolute atomic E-state index is 11.8. The Labute approximate surface area is 119 Å². The van der Waals surface area contributed by atoms with Crippen molar-refractivity contribution in [3.63, 3.8) is 0 Å². The van der Waals surface area contributed by atoms with Crippen LogP contribution in [0.15, 0.2) is 12.1 Å². The zero-order chi connectivity index (χ0) is 14.3. The quantitative estimate of drug-likeness (QED) is 0.791. The third-order valence-corrected chi connectivity index (χ3v) is 4.46. The van der Waals surface area contributed by atoms with Crippen molar-refractivity contribution >= 4 is 6.09 Å². The van der Waals surface area contributed by atoms with Gasteiger partial charge >= 0.3 is 6.09 Å². The minimum atomic E-state index is -0.224. The predicted molar refractivity (Wildman–Crippen MR) is 76.3 cm³/mol. The van der Waals surface area contributed by atoms with E-state index in [1.807, 2.05) is 6.92 Å². The lowest BCUT2D eigenvalue weighted by molar-refractivity contribution is 0.0622. The SMILES string of the molecule is CCOC(=O)N1CC[C@H]2c3ccc(C)c(C)c3O[C@H]2C1. The van der Waals surface area contributed by atoms with Gasteiger partial charge in [0.05, 0.1) is 13.2 Å². The number of likely N-dealkylation sites (tertiary alicyclic amines) is 1. The first-order valence-corrected chi connectivity index (χ1v) is 7.30. The monoisotopic (exact) mass is 275 g/mol. The molecule has 1 amide bonds. The van der Waals surface area contributed by atoms with Gasteiger partial charge in [-0.15, -0.1) is 0 Å². The van der Waals surface area contributed by atoms with Crippen LogP contribution in [0.2, 0.25) is 0 Å². The molecule has 4 heteroatoms. The van der Waals surface area contributed by atoms with Gasteiger partial charge in [-0.25, -0.2) is 4.79 Å². The fraction of sp³-hybridized carbons (Fsp3) is 0.562. The van der Waals surface area contributed by atoms with Crippen LogP contribution in [0.25, 0.3) is 0 Å². The summed E-state index contributed by atoms with van der Waals surface area (Å²) < 4.78 is 11.2. The lowest BCUT2D eigenvalue weighted by atomic mass is 9.88. The Bertz CT molecular complexity index is 541. The zero-order valence-electron chi connectivity index (χ0n) is 12.3. The van der Waals surface area contributed by atoms with E-state index in [4.69, 9.17) is 9.47 Å². The Balaban J connectivity index is 1.80. The Morgan fingerprint density at radius 1 is 1.45 bits per heavy atom. The summed E-state index contributed by atoms with van der Waals surface area (Å²) in [4.78, 5) is 13.6. The second kappa shape index (κ2) is 5.00. The van der Waals surface area contributed by atoms with Gasteiger partial charge in [0.25, 0.3) is 0 Å². The van der Waals surface area contributed by atoms with Gasteiger partial charge in [-0.05, 0) is 38.3 Å². The number of aryl methyl sites for hydroxylation is 1. The van der Waals surface area contributed by atoms with Crippen LogP contribution in [-0.2, 0) is 4.74 Å². The van der Waals surface area contributed by atoms with E-state index in [9.17, 15) is 4.79 Å². The molecule has 0 unspecified atom stereocenters. The summed E-state index contributed by atoms with van der Waals surface area (Å²) in [6.45, 7) is 7.83. The van der Waals surface area contributed by atoms with Crippen LogP contribution in [0.5, 0.6) is 5.75 Å². The number of carbonyl (C=O) groups is 1. The molecule has 0 N–H and O–H groups in total. The molecule has 0 saturated carbocycles. The summed E-state index contributed by atoms with van der Waals surface area (Å²) in [5.74, 6) is 1.45. The molecule has 1 aromatic rings. The number of benzene rings is 1. The average molecular weight is 275 g/mol. The number of carbonyl (C=O) groups excluding carboxylic acids is 1. The van der Waals surface area contributed by atoms with E-state index in [2.05, 4.69) is 26.0 Å². The number of nitrogens with zero attached hydrogens (tertiary/aromatic N) is 1. The first-order chi connectivity index (χ1) is 9.61. The Hall–Kier alpha value is -1.71. The highest BCUT2D eigenvalue weighted by molar-refractivity contribution is 5.68. The van der Waals surface area contributed by atoms with Crippen molar-refractivity contribution in [2.75, 3.05) is 19.7 Å². The van der Waals surface area contributed by atoms with Crippen molar-refractivity contribution in [2.24, 2.45) is 0 Å². The van der Waals surface area contributed by atoms with Gasteiger partial charge in [0, 0.05) is 18.0 Å². The molecule has 1 aromatic carbocycles. The Kier molecular flexibility index (Phi) is 3.32. The minimum absolute atomic E-state index is 0.0728. The largest absolute Gasteiger partial charge is 0.487 e. The third-order valence-electron chi connectivity index (χ3n) is 4.46. The first kappa shape index (κ1) is 13.3. The van der Waals surface area contributed by atoms with Crippen molar-refractivity contribution in [1.82, 2.24) is 4.90 Å². The second-order valence-electron chi connectivity index (χ2n) is 5.62. The van der Waals surface area contributed by atoms with Gasteiger partial charge in [0.2, 0.25) is 0 Å². The summed E-state index contributed by atoms with van der Waals surface area (Å²) in [5.41, 5.74) is 3.78. The van der Waals surface area contributed by atoms with E-state index < -0.39 is 0 Å². The number of amides is 1. The molecule has 20 heavy (non-hydrogen) atoms. The molecule has 1 saturated heterocycles. The maximum atomic E-state index is 11.8. The van der Waals surface area contributed by atoms with E-state index >= 15 is 0 Å². The number of ether oxygens (including phenoxy) is 2.